The van der Waals surface area contributed by atoms with Gasteiger partial charge in [0.05, 0.1) is 11.8 Å². The summed E-state index contributed by atoms with van der Waals surface area (Å²) in [6.45, 7) is 3.75. The average molecular weight is 295 g/mol. The molecule has 1 amide bonds. The molecule has 2 aliphatic rings. The highest BCUT2D eigenvalue weighted by molar-refractivity contribution is 5.89. The number of aliphatic carboxylic acids is 2. The average Bonchev–Trinajstić information content (AvgIpc) is 2.96. The molecule has 0 aromatic heterocycles. The molecule has 0 saturated heterocycles. The SMILES string of the molecule is CC(C)CC(NC(=O)[C@H]1C2C=CC(C2)[C@H]1C(=O)O)C(=O)O. The zero-order valence-electron chi connectivity index (χ0n) is 12.2. The molecule has 3 unspecified atom stereocenters. The first kappa shape index (κ1) is 15.5. The fourth-order valence-corrected chi connectivity index (χ4v) is 3.48. The molecular formula is C15H21NO5. The molecule has 1 saturated carbocycles. The van der Waals surface area contributed by atoms with Crippen molar-refractivity contribution in [1.82, 2.24) is 5.32 Å². The second kappa shape index (κ2) is 5.87. The van der Waals surface area contributed by atoms with E-state index in [1.807, 2.05) is 26.0 Å². The van der Waals surface area contributed by atoms with Crippen LogP contribution in [0.3, 0.4) is 0 Å². The Morgan fingerprint density at radius 2 is 1.71 bits per heavy atom. The molecule has 0 radical (unpaired) electrons. The highest BCUT2D eigenvalue weighted by Crippen LogP contribution is 2.48. The van der Waals surface area contributed by atoms with Crippen molar-refractivity contribution in [2.75, 3.05) is 0 Å². The lowest BCUT2D eigenvalue weighted by molar-refractivity contribution is -0.149. The Morgan fingerprint density at radius 3 is 2.19 bits per heavy atom. The fourth-order valence-electron chi connectivity index (χ4n) is 3.48. The number of rotatable bonds is 6. The molecule has 3 N–H and O–H groups in total. The van der Waals surface area contributed by atoms with Crippen molar-refractivity contribution < 1.29 is 24.6 Å². The number of amides is 1. The molecule has 5 atom stereocenters. The minimum absolute atomic E-state index is 0.0930. The normalized spacial score (nSPS) is 31.4. The predicted molar refractivity (Wildman–Crippen MR) is 74.4 cm³/mol. The Labute approximate surface area is 123 Å². The molecule has 0 spiro atoms. The summed E-state index contributed by atoms with van der Waals surface area (Å²) >= 11 is 0. The van der Waals surface area contributed by atoms with Crippen molar-refractivity contribution >= 4 is 17.8 Å². The largest absolute Gasteiger partial charge is 0.481 e. The third kappa shape index (κ3) is 3.09. The van der Waals surface area contributed by atoms with Gasteiger partial charge in [-0.15, -0.1) is 0 Å². The van der Waals surface area contributed by atoms with Gasteiger partial charge in [-0.25, -0.2) is 4.79 Å². The van der Waals surface area contributed by atoms with E-state index in [1.54, 1.807) is 0 Å². The lowest BCUT2D eigenvalue weighted by Crippen LogP contribution is -2.47. The standard InChI is InChI=1S/C15H21NO5/c1-7(2)5-10(14(18)19)16-13(17)11-8-3-4-9(6-8)12(11)15(20)21/h3-4,7-12H,5-6H2,1-2H3,(H,16,17)(H,18,19)(H,20,21)/t8?,9?,10?,11-,12+/m0/s1. The Balaban J connectivity index is 2.10. The molecular weight excluding hydrogens is 274 g/mol. The number of carboxylic acids is 2. The van der Waals surface area contributed by atoms with Crippen molar-refractivity contribution in [2.24, 2.45) is 29.6 Å². The van der Waals surface area contributed by atoms with Crippen LogP contribution >= 0.6 is 0 Å². The van der Waals surface area contributed by atoms with Crippen LogP contribution in [0.25, 0.3) is 0 Å². The molecule has 2 aliphatic carbocycles. The molecule has 0 aromatic rings. The highest BCUT2D eigenvalue weighted by Gasteiger charge is 2.52. The van der Waals surface area contributed by atoms with Gasteiger partial charge >= 0.3 is 11.9 Å². The van der Waals surface area contributed by atoms with Gasteiger partial charge in [-0.1, -0.05) is 26.0 Å². The van der Waals surface area contributed by atoms with Crippen LogP contribution in [-0.2, 0) is 14.4 Å². The van der Waals surface area contributed by atoms with Gasteiger partial charge < -0.3 is 15.5 Å². The first-order valence-corrected chi connectivity index (χ1v) is 7.25. The Bertz CT molecular complexity index is 484. The molecule has 0 aliphatic heterocycles. The number of nitrogens with one attached hydrogen (secondary N) is 1. The van der Waals surface area contributed by atoms with E-state index in [9.17, 15) is 24.6 Å². The molecule has 2 rings (SSSR count). The number of carbonyl (C=O) groups excluding carboxylic acids is 1. The molecule has 0 heterocycles. The van der Waals surface area contributed by atoms with Gasteiger partial charge in [0.1, 0.15) is 6.04 Å². The maximum absolute atomic E-state index is 12.4. The van der Waals surface area contributed by atoms with Crippen molar-refractivity contribution in [3.63, 3.8) is 0 Å². The van der Waals surface area contributed by atoms with Gasteiger partial charge in [0.2, 0.25) is 5.91 Å². The van der Waals surface area contributed by atoms with E-state index in [0.717, 1.165) is 0 Å². The maximum atomic E-state index is 12.4. The summed E-state index contributed by atoms with van der Waals surface area (Å²) in [5, 5.41) is 21.0. The lowest BCUT2D eigenvalue weighted by atomic mass is 9.82. The van der Waals surface area contributed by atoms with Crippen LogP contribution in [0, 0.1) is 29.6 Å². The van der Waals surface area contributed by atoms with E-state index in [1.165, 1.54) is 0 Å². The summed E-state index contributed by atoms with van der Waals surface area (Å²) in [7, 11) is 0. The third-order valence-corrected chi connectivity index (χ3v) is 4.37. The number of allylic oxidation sites excluding steroid dienone is 2. The second-order valence-electron chi connectivity index (χ2n) is 6.37. The minimum atomic E-state index is -1.08. The van der Waals surface area contributed by atoms with E-state index < -0.39 is 35.7 Å². The van der Waals surface area contributed by atoms with Crippen LogP contribution < -0.4 is 5.32 Å². The summed E-state index contributed by atoms with van der Waals surface area (Å²) in [6.07, 6.45) is 4.73. The molecule has 6 nitrogen and oxygen atoms in total. The summed E-state index contributed by atoms with van der Waals surface area (Å²) in [5.41, 5.74) is 0. The van der Waals surface area contributed by atoms with E-state index >= 15 is 0 Å². The number of hydrogen-bond donors (Lipinski definition) is 3. The van der Waals surface area contributed by atoms with Gasteiger partial charge in [-0.05, 0) is 30.6 Å². The van der Waals surface area contributed by atoms with Gasteiger partial charge in [0.25, 0.3) is 0 Å². The smallest absolute Gasteiger partial charge is 0.326 e. The molecule has 0 aromatic carbocycles. The molecule has 1 fully saturated rings. The van der Waals surface area contributed by atoms with Crippen LogP contribution in [-0.4, -0.2) is 34.1 Å². The van der Waals surface area contributed by atoms with Crippen LogP contribution in [0.15, 0.2) is 12.2 Å². The molecule has 6 heteroatoms. The van der Waals surface area contributed by atoms with Gasteiger partial charge in [-0.3, -0.25) is 9.59 Å². The third-order valence-electron chi connectivity index (χ3n) is 4.37. The summed E-state index contributed by atoms with van der Waals surface area (Å²) in [6, 6.07) is -0.963. The van der Waals surface area contributed by atoms with Crippen molar-refractivity contribution in [2.45, 2.75) is 32.7 Å². The molecule has 116 valence electrons. The highest BCUT2D eigenvalue weighted by atomic mass is 16.4. The monoisotopic (exact) mass is 295 g/mol. The fraction of sp³-hybridized carbons (Fsp3) is 0.667. The van der Waals surface area contributed by atoms with Gasteiger partial charge in [-0.2, -0.15) is 0 Å². The maximum Gasteiger partial charge on any atom is 0.326 e. The zero-order valence-corrected chi connectivity index (χ0v) is 12.2. The zero-order chi connectivity index (χ0) is 15.7. The topological polar surface area (TPSA) is 104 Å². The number of carboxylic acid groups (broad SMARTS) is 2. The van der Waals surface area contributed by atoms with Crippen molar-refractivity contribution in [3.8, 4) is 0 Å². The van der Waals surface area contributed by atoms with Crippen LogP contribution in [0.4, 0.5) is 0 Å². The quantitative estimate of drug-likeness (QED) is 0.637. The number of fused-ring (bicyclic) bond motifs is 2. The summed E-state index contributed by atoms with van der Waals surface area (Å²) in [4.78, 5) is 35.0. The van der Waals surface area contributed by atoms with Gasteiger partial charge in [0.15, 0.2) is 0 Å². The van der Waals surface area contributed by atoms with E-state index in [4.69, 9.17) is 0 Å². The van der Waals surface area contributed by atoms with Crippen molar-refractivity contribution in [3.05, 3.63) is 12.2 Å². The Hall–Kier alpha value is -1.85. The van der Waals surface area contributed by atoms with Crippen LogP contribution in [0.1, 0.15) is 26.7 Å². The minimum Gasteiger partial charge on any atom is -0.481 e. The first-order chi connectivity index (χ1) is 9.81. The van der Waals surface area contributed by atoms with E-state index in [-0.39, 0.29) is 17.8 Å². The Morgan fingerprint density at radius 1 is 1.14 bits per heavy atom. The Kier molecular flexibility index (Phi) is 4.34. The molecule has 21 heavy (non-hydrogen) atoms. The predicted octanol–water partition coefficient (Wildman–Crippen LogP) is 1.12. The van der Waals surface area contributed by atoms with Crippen molar-refractivity contribution in [1.29, 1.82) is 0 Å². The number of hydrogen-bond acceptors (Lipinski definition) is 3. The van der Waals surface area contributed by atoms with E-state index in [2.05, 4.69) is 5.32 Å². The summed E-state index contributed by atoms with van der Waals surface area (Å²) < 4.78 is 0. The van der Waals surface area contributed by atoms with Crippen LogP contribution in [0.2, 0.25) is 0 Å². The van der Waals surface area contributed by atoms with Crippen LogP contribution in [0.5, 0.6) is 0 Å². The second-order valence-corrected chi connectivity index (χ2v) is 6.37. The van der Waals surface area contributed by atoms with E-state index in [0.29, 0.717) is 12.8 Å². The number of carbonyl (C=O) groups is 3. The van der Waals surface area contributed by atoms with Gasteiger partial charge in [0, 0.05) is 0 Å². The lowest BCUT2D eigenvalue weighted by Gasteiger charge is -2.26. The molecule has 2 bridgehead atoms. The summed E-state index contributed by atoms with van der Waals surface area (Å²) in [5.74, 6) is -4.00. The first-order valence-electron chi connectivity index (χ1n) is 7.25.